The van der Waals surface area contributed by atoms with Gasteiger partial charge in [-0.05, 0) is 62.1 Å². The maximum absolute atomic E-state index is 13.7. The fourth-order valence-electron chi connectivity index (χ4n) is 3.43. The Bertz CT molecular complexity index is 1190. The number of hydrogen-bond acceptors (Lipinski definition) is 5. The van der Waals surface area contributed by atoms with E-state index in [1.165, 1.54) is 24.3 Å². The van der Waals surface area contributed by atoms with E-state index >= 15 is 0 Å². The quantitative estimate of drug-likeness (QED) is 0.316. The summed E-state index contributed by atoms with van der Waals surface area (Å²) in [5, 5.41) is -0.125. The second-order valence-corrected chi connectivity index (χ2v) is 7.61. The van der Waals surface area contributed by atoms with Gasteiger partial charge < -0.3 is 13.9 Å². The Balaban J connectivity index is 2.10. The number of benzene rings is 2. The minimum atomic E-state index is -4.98. The highest BCUT2D eigenvalue weighted by Gasteiger charge is 2.40. The molecule has 0 amide bonds. The van der Waals surface area contributed by atoms with Gasteiger partial charge in [-0.3, -0.25) is 9.59 Å². The Labute approximate surface area is 182 Å². The summed E-state index contributed by atoms with van der Waals surface area (Å²) in [6.45, 7) is 7.19. The van der Waals surface area contributed by atoms with Crippen LogP contribution in [0.25, 0.3) is 11.0 Å². The first-order chi connectivity index (χ1) is 15.0. The third-order valence-electron chi connectivity index (χ3n) is 5.03. The lowest BCUT2D eigenvalue weighted by atomic mass is 10.0. The molecule has 8 heteroatoms. The van der Waals surface area contributed by atoms with Crippen molar-refractivity contribution < 1.29 is 31.9 Å². The molecule has 0 aliphatic heterocycles. The molecule has 0 atom stereocenters. The summed E-state index contributed by atoms with van der Waals surface area (Å²) >= 11 is 0. The number of ether oxygens (including phenoxy) is 2. The summed E-state index contributed by atoms with van der Waals surface area (Å²) < 4.78 is 56.9. The summed E-state index contributed by atoms with van der Waals surface area (Å²) in [5.41, 5.74) is 0.200. The highest BCUT2D eigenvalue weighted by atomic mass is 19.4. The van der Waals surface area contributed by atoms with Gasteiger partial charge in [0.1, 0.15) is 17.1 Å². The molecule has 32 heavy (non-hydrogen) atoms. The fraction of sp³-hybridized carbons (Fsp3) is 0.333. The number of fused-ring (bicyclic) bond motifs is 1. The van der Waals surface area contributed by atoms with Gasteiger partial charge in [0, 0.05) is 6.07 Å². The highest BCUT2D eigenvalue weighted by Crippen LogP contribution is 2.39. The van der Waals surface area contributed by atoms with Crippen LogP contribution in [0.15, 0.2) is 45.6 Å². The number of alkyl halides is 3. The van der Waals surface area contributed by atoms with Gasteiger partial charge in [0.15, 0.2) is 0 Å². The van der Waals surface area contributed by atoms with Crippen molar-refractivity contribution in [3.8, 4) is 17.2 Å². The van der Waals surface area contributed by atoms with Gasteiger partial charge in [0.05, 0.1) is 11.3 Å². The molecule has 0 aliphatic rings. The smallest absolute Gasteiger partial charge is 0.449 e. The van der Waals surface area contributed by atoms with Crippen molar-refractivity contribution in [3.05, 3.63) is 63.5 Å². The van der Waals surface area contributed by atoms with Crippen molar-refractivity contribution in [3.63, 3.8) is 0 Å². The zero-order valence-corrected chi connectivity index (χ0v) is 18.1. The third-order valence-corrected chi connectivity index (χ3v) is 5.03. The number of aryl methyl sites for hydroxylation is 2. The number of hydrogen-bond donors (Lipinski definition) is 0. The molecule has 0 bridgehead atoms. The monoisotopic (exact) mass is 448 g/mol. The molecular weight excluding hydrogens is 425 g/mol. The first kappa shape index (κ1) is 23.4. The molecule has 5 nitrogen and oxygen atoms in total. The molecular formula is C24H23F3O5. The molecule has 1 aromatic heterocycles. The molecule has 0 N–H and O–H groups in total. The lowest BCUT2D eigenvalue weighted by Gasteiger charge is -2.15. The SMILES string of the molecule is CCC(CC)C(=O)Oc1ccc2c(=O)c(Oc3cc(C)cc(C)c3)c(C(F)(F)F)oc2c1. The van der Waals surface area contributed by atoms with Crippen molar-refractivity contribution >= 4 is 16.9 Å². The van der Waals surface area contributed by atoms with E-state index in [1.54, 1.807) is 13.8 Å². The van der Waals surface area contributed by atoms with Gasteiger partial charge in [-0.25, -0.2) is 0 Å². The minimum absolute atomic E-state index is 0.00588. The molecule has 3 rings (SSSR count). The Morgan fingerprint density at radius 3 is 2.19 bits per heavy atom. The van der Waals surface area contributed by atoms with E-state index in [0.29, 0.717) is 12.8 Å². The molecule has 0 radical (unpaired) electrons. The summed E-state index contributed by atoms with van der Waals surface area (Å²) in [6, 6.07) is 8.57. The summed E-state index contributed by atoms with van der Waals surface area (Å²) in [4.78, 5) is 25.1. The zero-order valence-electron chi connectivity index (χ0n) is 18.1. The van der Waals surface area contributed by atoms with E-state index in [4.69, 9.17) is 13.9 Å². The summed E-state index contributed by atoms with van der Waals surface area (Å²) in [7, 11) is 0. The van der Waals surface area contributed by atoms with Crippen LogP contribution in [0.2, 0.25) is 0 Å². The predicted molar refractivity (Wildman–Crippen MR) is 113 cm³/mol. The summed E-state index contributed by atoms with van der Waals surface area (Å²) in [5.74, 6) is -3.25. The molecule has 170 valence electrons. The van der Waals surface area contributed by atoms with Crippen LogP contribution in [-0.4, -0.2) is 5.97 Å². The van der Waals surface area contributed by atoms with Crippen LogP contribution in [-0.2, 0) is 11.0 Å². The minimum Gasteiger partial charge on any atom is -0.449 e. The maximum Gasteiger partial charge on any atom is 0.453 e. The largest absolute Gasteiger partial charge is 0.453 e. The lowest BCUT2D eigenvalue weighted by Crippen LogP contribution is -2.19. The van der Waals surface area contributed by atoms with Crippen molar-refractivity contribution in [1.82, 2.24) is 0 Å². The molecule has 0 unspecified atom stereocenters. The van der Waals surface area contributed by atoms with Gasteiger partial charge in [0.25, 0.3) is 5.76 Å². The average molecular weight is 448 g/mol. The van der Waals surface area contributed by atoms with E-state index in [1.807, 2.05) is 19.9 Å². The van der Waals surface area contributed by atoms with Crippen LogP contribution >= 0.6 is 0 Å². The van der Waals surface area contributed by atoms with E-state index in [0.717, 1.165) is 17.2 Å². The van der Waals surface area contributed by atoms with Gasteiger partial charge in [-0.1, -0.05) is 19.9 Å². The normalized spacial score (nSPS) is 11.8. The molecule has 2 aromatic carbocycles. The van der Waals surface area contributed by atoms with Gasteiger partial charge in [-0.15, -0.1) is 0 Å². The number of carbonyl (C=O) groups is 1. The highest BCUT2D eigenvalue weighted by molar-refractivity contribution is 5.82. The second kappa shape index (κ2) is 9.06. The van der Waals surface area contributed by atoms with Crippen molar-refractivity contribution in [2.75, 3.05) is 0 Å². The van der Waals surface area contributed by atoms with Crippen LogP contribution in [0.4, 0.5) is 13.2 Å². The fourth-order valence-corrected chi connectivity index (χ4v) is 3.43. The maximum atomic E-state index is 13.7. The Hall–Kier alpha value is -3.29. The molecule has 0 fully saturated rings. The van der Waals surface area contributed by atoms with E-state index in [9.17, 15) is 22.8 Å². The molecule has 1 heterocycles. The van der Waals surface area contributed by atoms with E-state index < -0.39 is 29.1 Å². The molecule has 0 aliphatic carbocycles. The van der Waals surface area contributed by atoms with Crippen molar-refractivity contribution in [2.24, 2.45) is 5.92 Å². The summed E-state index contributed by atoms with van der Waals surface area (Å²) in [6.07, 6.45) is -3.85. The number of halogens is 3. The van der Waals surface area contributed by atoms with Gasteiger partial charge in [-0.2, -0.15) is 13.2 Å². The first-order valence-corrected chi connectivity index (χ1v) is 10.2. The average Bonchev–Trinajstić information content (AvgIpc) is 2.69. The van der Waals surface area contributed by atoms with Crippen LogP contribution in [0.1, 0.15) is 43.6 Å². The molecule has 3 aromatic rings. The number of carbonyl (C=O) groups excluding carboxylic acids is 1. The third kappa shape index (κ3) is 4.95. The Morgan fingerprint density at radius 2 is 1.62 bits per heavy atom. The first-order valence-electron chi connectivity index (χ1n) is 10.2. The Morgan fingerprint density at radius 1 is 1.00 bits per heavy atom. The standard InChI is InChI=1S/C24H23F3O5/c1-5-15(6-2)23(29)31-16-7-8-18-19(12-16)32-22(24(25,26)27)21(20(18)28)30-17-10-13(3)9-14(4)11-17/h7-12,15H,5-6H2,1-4H3. The lowest BCUT2D eigenvalue weighted by molar-refractivity contribution is -0.154. The van der Waals surface area contributed by atoms with Crippen LogP contribution in [0.3, 0.4) is 0 Å². The second-order valence-electron chi connectivity index (χ2n) is 7.61. The molecule has 0 saturated carbocycles. The van der Waals surface area contributed by atoms with Crippen molar-refractivity contribution in [2.45, 2.75) is 46.7 Å². The zero-order chi connectivity index (χ0) is 23.6. The predicted octanol–water partition coefficient (Wildman–Crippen LogP) is 6.56. The van der Waals surface area contributed by atoms with Crippen molar-refractivity contribution in [1.29, 1.82) is 0 Å². The van der Waals surface area contributed by atoms with Crippen LogP contribution in [0.5, 0.6) is 17.2 Å². The number of rotatable bonds is 6. The van der Waals surface area contributed by atoms with E-state index in [2.05, 4.69) is 0 Å². The number of esters is 1. The topological polar surface area (TPSA) is 65.7 Å². The van der Waals surface area contributed by atoms with Gasteiger partial charge >= 0.3 is 12.1 Å². The van der Waals surface area contributed by atoms with E-state index in [-0.39, 0.29) is 28.4 Å². The van der Waals surface area contributed by atoms with Crippen LogP contribution < -0.4 is 14.9 Å². The Kier molecular flexibility index (Phi) is 6.62. The molecule has 0 saturated heterocycles. The molecule has 0 spiro atoms. The van der Waals surface area contributed by atoms with Gasteiger partial charge in [0.2, 0.25) is 11.2 Å². The van der Waals surface area contributed by atoms with Crippen LogP contribution in [0, 0.1) is 19.8 Å².